The highest BCUT2D eigenvalue weighted by molar-refractivity contribution is 5.41. The molecule has 0 radical (unpaired) electrons. The molecule has 2 atom stereocenters. The highest BCUT2D eigenvalue weighted by Crippen LogP contribution is 2.36. The minimum atomic E-state index is -0.386. The number of fused-ring (bicyclic) bond motifs is 1. The molecule has 1 unspecified atom stereocenters. The molecular formula is C17H27NO2. The lowest BCUT2D eigenvalue weighted by molar-refractivity contribution is 0.0603. The highest BCUT2D eigenvalue weighted by atomic mass is 16.5. The van der Waals surface area contributed by atoms with Crippen LogP contribution in [0, 0.1) is 0 Å². The molecule has 20 heavy (non-hydrogen) atoms. The fourth-order valence-electron chi connectivity index (χ4n) is 3.18. The van der Waals surface area contributed by atoms with Crippen molar-refractivity contribution in [2.75, 3.05) is 19.7 Å². The third kappa shape index (κ3) is 3.15. The summed E-state index contributed by atoms with van der Waals surface area (Å²) in [6.07, 6.45) is 2.82. The summed E-state index contributed by atoms with van der Waals surface area (Å²) in [5, 5.41) is 10.7. The molecule has 0 saturated carbocycles. The van der Waals surface area contributed by atoms with Crippen molar-refractivity contribution in [1.29, 1.82) is 0 Å². The Bertz CT molecular complexity index is 427. The van der Waals surface area contributed by atoms with Crippen LogP contribution < -0.4 is 4.74 Å². The zero-order valence-electron chi connectivity index (χ0n) is 12.9. The minimum absolute atomic E-state index is 0.224. The van der Waals surface area contributed by atoms with Gasteiger partial charge >= 0.3 is 0 Å². The monoisotopic (exact) mass is 277 g/mol. The largest absolute Gasteiger partial charge is 0.494 e. The van der Waals surface area contributed by atoms with Gasteiger partial charge in [0.1, 0.15) is 5.75 Å². The molecule has 1 aromatic carbocycles. The molecule has 0 spiro atoms. The lowest BCUT2D eigenvalue weighted by atomic mass is 10.1. The van der Waals surface area contributed by atoms with Gasteiger partial charge in [0.2, 0.25) is 0 Å². The molecule has 0 fully saturated rings. The first kappa shape index (κ1) is 15.3. The van der Waals surface area contributed by atoms with Crippen LogP contribution >= 0.6 is 0 Å². The lowest BCUT2D eigenvalue weighted by Crippen LogP contribution is -2.39. The van der Waals surface area contributed by atoms with Gasteiger partial charge in [0, 0.05) is 6.04 Å². The molecule has 0 bridgehead atoms. The maximum absolute atomic E-state index is 10.7. The van der Waals surface area contributed by atoms with Crippen LogP contribution in [0.15, 0.2) is 18.2 Å². The van der Waals surface area contributed by atoms with Crippen molar-refractivity contribution in [2.24, 2.45) is 0 Å². The second-order valence-electron chi connectivity index (χ2n) is 5.55. The molecule has 0 aliphatic heterocycles. The van der Waals surface area contributed by atoms with E-state index in [1.54, 1.807) is 0 Å². The Hall–Kier alpha value is -1.06. The van der Waals surface area contributed by atoms with E-state index in [2.05, 4.69) is 24.8 Å². The van der Waals surface area contributed by atoms with E-state index in [0.29, 0.717) is 6.61 Å². The molecule has 2 rings (SSSR count). The predicted octanol–water partition coefficient (Wildman–Crippen LogP) is 3.17. The van der Waals surface area contributed by atoms with Crippen LogP contribution in [0.4, 0.5) is 0 Å². The number of nitrogens with zero attached hydrogens (tertiary/aromatic N) is 1. The van der Waals surface area contributed by atoms with Crippen molar-refractivity contribution < 1.29 is 9.84 Å². The van der Waals surface area contributed by atoms with Gasteiger partial charge in [0.15, 0.2) is 0 Å². The molecular weight excluding hydrogens is 250 g/mol. The molecule has 1 aromatic rings. The number of benzene rings is 1. The van der Waals surface area contributed by atoms with E-state index in [1.807, 2.05) is 19.1 Å². The summed E-state index contributed by atoms with van der Waals surface area (Å²) in [6.45, 7) is 9.16. The molecule has 0 aromatic heterocycles. The van der Waals surface area contributed by atoms with Crippen LogP contribution in [-0.4, -0.2) is 35.7 Å². The van der Waals surface area contributed by atoms with Gasteiger partial charge in [0.25, 0.3) is 0 Å². The van der Waals surface area contributed by atoms with E-state index in [-0.39, 0.29) is 12.1 Å². The Kier molecular flexibility index (Phi) is 5.44. The van der Waals surface area contributed by atoms with Crippen LogP contribution in [0.25, 0.3) is 0 Å². The van der Waals surface area contributed by atoms with E-state index < -0.39 is 0 Å². The van der Waals surface area contributed by atoms with Gasteiger partial charge in [-0.25, -0.2) is 0 Å². The Balaban J connectivity index is 2.16. The number of aliphatic hydroxyl groups excluding tert-OH is 1. The van der Waals surface area contributed by atoms with Crippen LogP contribution in [0.1, 0.15) is 50.8 Å². The van der Waals surface area contributed by atoms with Gasteiger partial charge in [-0.15, -0.1) is 0 Å². The van der Waals surface area contributed by atoms with E-state index in [4.69, 9.17) is 4.74 Å². The van der Waals surface area contributed by atoms with Crippen molar-refractivity contribution in [3.05, 3.63) is 29.3 Å². The van der Waals surface area contributed by atoms with E-state index in [0.717, 1.165) is 43.7 Å². The number of hydrogen-bond acceptors (Lipinski definition) is 3. The first-order valence-corrected chi connectivity index (χ1v) is 7.88. The first-order chi connectivity index (χ1) is 9.71. The molecule has 1 aliphatic carbocycles. The summed E-state index contributed by atoms with van der Waals surface area (Å²) in [5.41, 5.74) is 2.32. The number of aliphatic hydroxyl groups is 1. The second kappa shape index (κ2) is 7.09. The van der Waals surface area contributed by atoms with Crippen molar-refractivity contribution >= 4 is 0 Å². The van der Waals surface area contributed by atoms with Crippen molar-refractivity contribution in [3.8, 4) is 5.75 Å². The van der Waals surface area contributed by atoms with Crippen LogP contribution in [-0.2, 0) is 6.42 Å². The first-order valence-electron chi connectivity index (χ1n) is 7.88. The predicted molar refractivity (Wildman–Crippen MR) is 82.2 cm³/mol. The molecule has 1 aliphatic rings. The van der Waals surface area contributed by atoms with Gasteiger partial charge in [0.05, 0.1) is 12.7 Å². The summed E-state index contributed by atoms with van der Waals surface area (Å²) < 4.78 is 5.55. The summed E-state index contributed by atoms with van der Waals surface area (Å²) in [4.78, 5) is 2.44. The van der Waals surface area contributed by atoms with Gasteiger partial charge in [-0.2, -0.15) is 0 Å². The van der Waals surface area contributed by atoms with Gasteiger partial charge in [-0.05, 0) is 62.5 Å². The fourth-order valence-corrected chi connectivity index (χ4v) is 3.18. The Morgan fingerprint density at radius 2 is 1.90 bits per heavy atom. The Morgan fingerprint density at radius 1 is 1.20 bits per heavy atom. The molecule has 0 heterocycles. The van der Waals surface area contributed by atoms with E-state index >= 15 is 0 Å². The number of rotatable bonds is 7. The van der Waals surface area contributed by atoms with Crippen molar-refractivity contribution in [2.45, 2.75) is 52.2 Å². The molecule has 3 nitrogen and oxygen atoms in total. The minimum Gasteiger partial charge on any atom is -0.494 e. The van der Waals surface area contributed by atoms with Crippen LogP contribution in [0.2, 0.25) is 0 Å². The van der Waals surface area contributed by atoms with Crippen LogP contribution in [0.3, 0.4) is 0 Å². The van der Waals surface area contributed by atoms with Gasteiger partial charge < -0.3 is 9.84 Å². The Morgan fingerprint density at radius 3 is 2.50 bits per heavy atom. The zero-order valence-corrected chi connectivity index (χ0v) is 12.9. The number of ether oxygens (including phenoxy) is 1. The maximum Gasteiger partial charge on any atom is 0.119 e. The quantitative estimate of drug-likeness (QED) is 0.831. The fraction of sp³-hybridized carbons (Fsp3) is 0.647. The van der Waals surface area contributed by atoms with Gasteiger partial charge in [-0.3, -0.25) is 4.90 Å². The van der Waals surface area contributed by atoms with Crippen molar-refractivity contribution in [3.63, 3.8) is 0 Å². The third-order valence-corrected chi connectivity index (χ3v) is 4.03. The molecule has 1 N–H and O–H groups in total. The summed E-state index contributed by atoms with van der Waals surface area (Å²) in [5.74, 6) is 0.864. The van der Waals surface area contributed by atoms with Crippen molar-refractivity contribution in [1.82, 2.24) is 4.90 Å². The topological polar surface area (TPSA) is 32.7 Å². The third-order valence-electron chi connectivity index (χ3n) is 4.03. The van der Waals surface area contributed by atoms with Gasteiger partial charge in [-0.1, -0.05) is 19.9 Å². The number of hydrogen-bond donors (Lipinski definition) is 1. The average molecular weight is 277 g/mol. The summed E-state index contributed by atoms with van der Waals surface area (Å²) in [6, 6.07) is 6.36. The smallest absolute Gasteiger partial charge is 0.119 e. The average Bonchev–Trinajstić information content (AvgIpc) is 2.76. The lowest BCUT2D eigenvalue weighted by Gasteiger charge is -2.30. The maximum atomic E-state index is 10.7. The summed E-state index contributed by atoms with van der Waals surface area (Å²) in [7, 11) is 0. The van der Waals surface area contributed by atoms with E-state index in [9.17, 15) is 5.11 Å². The summed E-state index contributed by atoms with van der Waals surface area (Å²) >= 11 is 0. The normalized spacial score (nSPS) is 21.2. The SMILES string of the molecule is CCCN(CCC)C1Cc2ccc(OCC)cc2[C@@H]1O. The van der Waals surface area contributed by atoms with E-state index in [1.165, 1.54) is 5.56 Å². The van der Waals surface area contributed by atoms with Crippen LogP contribution in [0.5, 0.6) is 5.75 Å². The Labute approximate surface area is 122 Å². The second-order valence-corrected chi connectivity index (χ2v) is 5.55. The molecule has 3 heteroatoms. The molecule has 0 amide bonds. The zero-order chi connectivity index (χ0) is 14.5. The highest BCUT2D eigenvalue weighted by Gasteiger charge is 2.34. The standard InChI is InChI=1S/C17H27NO2/c1-4-9-18(10-5-2)16-11-13-7-8-14(20-6-3)12-15(13)17(16)19/h7-8,12,16-17,19H,4-6,9-11H2,1-3H3/t16?,17-/m0/s1. The molecule has 112 valence electrons. The molecule has 0 saturated heterocycles.